The number of aromatic nitrogens is 1. The Morgan fingerprint density at radius 1 is 1.28 bits per heavy atom. The smallest absolute Gasteiger partial charge is 0.434 e. The lowest BCUT2D eigenvalue weighted by Crippen LogP contribution is -2.23. The maximum atomic E-state index is 13.0. The topological polar surface area (TPSA) is 39.2 Å². The van der Waals surface area contributed by atoms with Crippen LogP contribution >= 0.6 is 23.1 Å². The zero-order valence-electron chi connectivity index (χ0n) is 13.4. The Hall–Kier alpha value is -1.54. The predicted octanol–water partition coefficient (Wildman–Crippen LogP) is 4.66. The molecule has 2 aromatic rings. The van der Waals surface area contributed by atoms with Crippen molar-refractivity contribution in [1.82, 2.24) is 4.98 Å². The maximum Gasteiger partial charge on any atom is 0.434 e. The number of carbonyl (C=O) groups excluding carboxylic acids is 1. The zero-order valence-corrected chi connectivity index (χ0v) is 15.0. The number of rotatable bonds is 4. The molecule has 0 bridgehead atoms. The summed E-state index contributed by atoms with van der Waals surface area (Å²) in [5.41, 5.74) is 0.0993. The number of thiazole rings is 1. The lowest BCUT2D eigenvalue weighted by Gasteiger charge is -2.18. The summed E-state index contributed by atoms with van der Waals surface area (Å²) in [6, 6.07) is 9.66. The van der Waals surface area contributed by atoms with Crippen LogP contribution < -0.4 is 0 Å². The third-order valence-corrected chi connectivity index (χ3v) is 6.16. The second-order valence-corrected chi connectivity index (χ2v) is 8.13. The van der Waals surface area contributed by atoms with Crippen molar-refractivity contribution < 1.29 is 22.7 Å². The standard InChI is InChI=1S/C17H16F3NO2S2/c1-10-21-15(17(18,19)20)14(25-10)7-23-16(22)13-9-24-8-12(13)11-5-3-2-4-6-11/h2-6,12-13H,7-9H2,1H3/t12-,13+/m0/s1. The molecule has 1 fully saturated rings. The molecule has 0 saturated carbocycles. The van der Waals surface area contributed by atoms with Gasteiger partial charge in [-0.15, -0.1) is 11.3 Å². The lowest BCUT2D eigenvalue weighted by molar-refractivity contribution is -0.151. The molecule has 1 aromatic heterocycles. The summed E-state index contributed by atoms with van der Waals surface area (Å²) in [4.78, 5) is 15.9. The molecule has 0 spiro atoms. The first-order valence-electron chi connectivity index (χ1n) is 7.69. The number of thioether (sulfide) groups is 1. The van der Waals surface area contributed by atoms with Crippen molar-refractivity contribution in [2.45, 2.75) is 25.6 Å². The van der Waals surface area contributed by atoms with Gasteiger partial charge in [0.05, 0.1) is 15.8 Å². The Morgan fingerprint density at radius 2 is 2.00 bits per heavy atom. The molecule has 0 unspecified atom stereocenters. The fraction of sp³-hybridized carbons (Fsp3) is 0.412. The number of carbonyl (C=O) groups is 1. The van der Waals surface area contributed by atoms with Gasteiger partial charge < -0.3 is 4.74 Å². The number of ether oxygens (including phenoxy) is 1. The Morgan fingerprint density at radius 3 is 2.68 bits per heavy atom. The molecule has 0 aliphatic carbocycles. The van der Waals surface area contributed by atoms with Crippen molar-refractivity contribution in [2.24, 2.45) is 5.92 Å². The third kappa shape index (κ3) is 4.17. The van der Waals surface area contributed by atoms with E-state index >= 15 is 0 Å². The summed E-state index contributed by atoms with van der Waals surface area (Å²) in [5.74, 6) is 0.668. The second kappa shape index (κ2) is 7.37. The van der Waals surface area contributed by atoms with Crippen molar-refractivity contribution in [1.29, 1.82) is 0 Å². The van der Waals surface area contributed by atoms with Gasteiger partial charge in [0.1, 0.15) is 6.61 Å². The van der Waals surface area contributed by atoms with Gasteiger partial charge in [0.25, 0.3) is 0 Å². The minimum absolute atomic E-state index is 0.0315. The summed E-state index contributed by atoms with van der Waals surface area (Å²) in [7, 11) is 0. The number of aryl methyl sites for hydroxylation is 1. The first-order valence-corrected chi connectivity index (χ1v) is 9.66. The van der Waals surface area contributed by atoms with E-state index < -0.39 is 17.8 Å². The number of esters is 1. The van der Waals surface area contributed by atoms with Crippen LogP contribution in [0.2, 0.25) is 0 Å². The van der Waals surface area contributed by atoms with Crippen LogP contribution in [-0.2, 0) is 22.3 Å². The first kappa shape index (κ1) is 18.3. The van der Waals surface area contributed by atoms with E-state index in [2.05, 4.69) is 4.98 Å². The summed E-state index contributed by atoms with van der Waals surface area (Å²) in [6.07, 6.45) is -4.54. The van der Waals surface area contributed by atoms with Crippen molar-refractivity contribution in [3.63, 3.8) is 0 Å². The molecule has 1 aromatic carbocycles. The van der Waals surface area contributed by atoms with Gasteiger partial charge in [-0.1, -0.05) is 30.3 Å². The molecular formula is C17H16F3NO2S2. The molecule has 134 valence electrons. The zero-order chi connectivity index (χ0) is 18.0. The van der Waals surface area contributed by atoms with Gasteiger partial charge >= 0.3 is 12.1 Å². The van der Waals surface area contributed by atoms with E-state index in [4.69, 9.17) is 4.74 Å². The molecule has 1 aliphatic rings. The fourth-order valence-electron chi connectivity index (χ4n) is 2.85. The van der Waals surface area contributed by atoms with Crippen molar-refractivity contribution in [3.8, 4) is 0 Å². The van der Waals surface area contributed by atoms with Crippen LogP contribution in [0.25, 0.3) is 0 Å². The molecule has 3 nitrogen and oxygen atoms in total. The summed E-state index contributed by atoms with van der Waals surface area (Å²) >= 11 is 2.57. The molecule has 25 heavy (non-hydrogen) atoms. The quantitative estimate of drug-likeness (QED) is 0.716. The van der Waals surface area contributed by atoms with E-state index in [1.54, 1.807) is 11.8 Å². The van der Waals surface area contributed by atoms with Gasteiger partial charge in [-0.3, -0.25) is 4.79 Å². The third-order valence-electron chi connectivity index (χ3n) is 4.03. The SMILES string of the molecule is Cc1nc(C(F)(F)F)c(COC(=O)[C@@H]2CSC[C@H]2c2ccccc2)s1. The van der Waals surface area contributed by atoms with E-state index in [0.29, 0.717) is 10.8 Å². The van der Waals surface area contributed by atoms with Crippen molar-refractivity contribution >= 4 is 29.1 Å². The molecule has 2 heterocycles. The lowest BCUT2D eigenvalue weighted by atomic mass is 9.89. The number of nitrogens with zero attached hydrogens (tertiary/aromatic N) is 1. The highest BCUT2D eigenvalue weighted by Gasteiger charge is 2.39. The molecule has 1 aliphatic heterocycles. The van der Waals surface area contributed by atoms with E-state index in [-0.39, 0.29) is 23.3 Å². The van der Waals surface area contributed by atoms with Crippen molar-refractivity contribution in [2.75, 3.05) is 11.5 Å². The van der Waals surface area contributed by atoms with E-state index in [1.807, 2.05) is 30.3 Å². The van der Waals surface area contributed by atoms with Gasteiger partial charge in [-0.05, 0) is 12.5 Å². The Balaban J connectivity index is 1.69. The number of hydrogen-bond acceptors (Lipinski definition) is 5. The molecule has 1 saturated heterocycles. The van der Waals surface area contributed by atoms with Crippen LogP contribution in [-0.4, -0.2) is 22.5 Å². The molecular weight excluding hydrogens is 371 g/mol. The van der Waals surface area contributed by atoms with E-state index in [1.165, 1.54) is 6.92 Å². The summed E-state index contributed by atoms with van der Waals surface area (Å²) in [5, 5.41) is 0.303. The molecule has 2 atom stereocenters. The minimum Gasteiger partial charge on any atom is -0.460 e. The molecule has 0 amide bonds. The fourth-order valence-corrected chi connectivity index (χ4v) is 5.15. The van der Waals surface area contributed by atoms with Crippen LogP contribution in [0.5, 0.6) is 0 Å². The molecule has 3 rings (SSSR count). The van der Waals surface area contributed by atoms with Crippen LogP contribution in [0.3, 0.4) is 0 Å². The van der Waals surface area contributed by atoms with Crippen LogP contribution in [0.1, 0.15) is 27.1 Å². The van der Waals surface area contributed by atoms with Gasteiger partial charge in [0, 0.05) is 17.4 Å². The largest absolute Gasteiger partial charge is 0.460 e. The van der Waals surface area contributed by atoms with Gasteiger partial charge in [-0.2, -0.15) is 24.9 Å². The highest BCUT2D eigenvalue weighted by atomic mass is 32.2. The average molecular weight is 387 g/mol. The number of benzene rings is 1. The normalized spacial score (nSPS) is 20.6. The number of hydrogen-bond donors (Lipinski definition) is 0. The van der Waals surface area contributed by atoms with Crippen molar-refractivity contribution in [3.05, 3.63) is 51.5 Å². The van der Waals surface area contributed by atoms with Crippen LogP contribution in [0, 0.1) is 12.8 Å². The Bertz CT molecular complexity index is 746. The number of halogens is 3. The average Bonchev–Trinajstić information content (AvgIpc) is 3.19. The summed E-state index contributed by atoms with van der Waals surface area (Å²) in [6.45, 7) is 1.12. The number of alkyl halides is 3. The van der Waals surface area contributed by atoms with E-state index in [0.717, 1.165) is 22.7 Å². The maximum absolute atomic E-state index is 13.0. The Labute approximate surface area is 151 Å². The highest BCUT2D eigenvalue weighted by molar-refractivity contribution is 7.99. The first-order chi connectivity index (χ1) is 11.9. The van der Waals surface area contributed by atoms with Gasteiger partial charge in [0.2, 0.25) is 0 Å². The van der Waals surface area contributed by atoms with Crippen LogP contribution in [0.15, 0.2) is 30.3 Å². The molecule has 0 radical (unpaired) electrons. The minimum atomic E-state index is -4.54. The monoisotopic (exact) mass is 387 g/mol. The van der Waals surface area contributed by atoms with Crippen LogP contribution in [0.4, 0.5) is 13.2 Å². The summed E-state index contributed by atoms with van der Waals surface area (Å²) < 4.78 is 44.1. The van der Waals surface area contributed by atoms with Gasteiger partial charge in [-0.25, -0.2) is 4.98 Å². The van der Waals surface area contributed by atoms with Gasteiger partial charge in [0.15, 0.2) is 5.69 Å². The highest BCUT2D eigenvalue weighted by Crippen LogP contribution is 2.39. The second-order valence-electron chi connectivity index (χ2n) is 5.77. The Kier molecular flexibility index (Phi) is 5.38. The molecule has 8 heteroatoms. The molecule has 0 N–H and O–H groups in total. The predicted molar refractivity (Wildman–Crippen MR) is 91.6 cm³/mol. The van der Waals surface area contributed by atoms with E-state index in [9.17, 15) is 18.0 Å².